The number of rotatable bonds is 9. The third-order valence-corrected chi connectivity index (χ3v) is 10.8. The van der Waals surface area contributed by atoms with Gasteiger partial charge in [-0.3, -0.25) is 9.59 Å². The van der Waals surface area contributed by atoms with E-state index < -0.39 is 63.6 Å². The lowest BCUT2D eigenvalue weighted by Crippen LogP contribution is -2.53. The minimum Gasteiger partial charge on any atom is -0.352 e. The average Bonchev–Trinajstić information content (AvgIpc) is 3.42. The van der Waals surface area contributed by atoms with E-state index in [4.69, 9.17) is 23.2 Å². The summed E-state index contributed by atoms with van der Waals surface area (Å²) in [5.74, 6) is -1.70. The molecule has 1 unspecified atom stereocenters. The quantitative estimate of drug-likeness (QED) is 0.183. The van der Waals surface area contributed by atoms with Gasteiger partial charge in [0.2, 0.25) is 11.8 Å². The lowest BCUT2D eigenvalue weighted by Gasteiger charge is -2.39. The van der Waals surface area contributed by atoms with Crippen LogP contribution in [0, 0.1) is 17.3 Å². The molecule has 1 spiro atoms. The first-order valence-corrected chi connectivity index (χ1v) is 17.4. The van der Waals surface area contributed by atoms with E-state index in [0.29, 0.717) is 22.7 Å². The molecule has 46 heavy (non-hydrogen) atoms. The van der Waals surface area contributed by atoms with E-state index in [-0.39, 0.29) is 47.9 Å². The Balaban J connectivity index is 1.67. The van der Waals surface area contributed by atoms with Crippen LogP contribution in [0.3, 0.4) is 0 Å². The second kappa shape index (κ2) is 13.7. The Kier molecular flexibility index (Phi) is 10.9. The Hall–Kier alpha value is -2.19. The average molecular weight is 712 g/mol. The molecule has 2 aliphatic heterocycles. The largest absolute Gasteiger partial charge is 0.511 e. The van der Waals surface area contributed by atoms with E-state index in [1.54, 1.807) is 35.1 Å². The molecule has 0 radical (unpaired) electrons. The van der Waals surface area contributed by atoms with Crippen molar-refractivity contribution in [2.45, 2.75) is 94.9 Å². The summed E-state index contributed by atoms with van der Waals surface area (Å²) in [6.45, 7) is 7.15. The molecule has 5 atom stereocenters. The molecule has 8 nitrogen and oxygen atoms in total. The van der Waals surface area contributed by atoms with E-state index in [0.717, 1.165) is 0 Å². The summed E-state index contributed by atoms with van der Waals surface area (Å²) in [6.07, 6.45) is 6.06. The van der Waals surface area contributed by atoms with Gasteiger partial charge in [0, 0.05) is 39.8 Å². The van der Waals surface area contributed by atoms with Crippen LogP contribution in [0.25, 0.3) is 0 Å². The first kappa shape index (κ1) is 36.6. The number of carbonyl (C=O) groups excluding carboxylic acids is 2. The van der Waals surface area contributed by atoms with E-state index in [1.165, 1.54) is 6.08 Å². The van der Waals surface area contributed by atoms with Gasteiger partial charge in [-0.25, -0.2) is 17.5 Å². The second-order valence-corrected chi connectivity index (χ2v) is 16.2. The van der Waals surface area contributed by atoms with Crippen LogP contribution in [0.15, 0.2) is 41.5 Å². The van der Waals surface area contributed by atoms with Gasteiger partial charge in [0.15, 0.2) is 0 Å². The lowest BCUT2D eigenvalue weighted by atomic mass is 9.61. The molecule has 1 saturated carbocycles. The highest BCUT2D eigenvalue weighted by Gasteiger charge is 2.66. The van der Waals surface area contributed by atoms with E-state index in [1.807, 2.05) is 27.7 Å². The molecule has 0 aromatic heterocycles. The van der Waals surface area contributed by atoms with Gasteiger partial charge < -0.3 is 16.0 Å². The van der Waals surface area contributed by atoms with Crippen molar-refractivity contribution in [1.82, 2.24) is 15.4 Å². The topological polar surface area (TPSA) is 116 Å². The predicted octanol–water partition coefficient (Wildman–Crippen LogP) is 6.07. The summed E-state index contributed by atoms with van der Waals surface area (Å²) in [7, 11) is -5.48. The maximum Gasteiger partial charge on any atom is 0.511 e. The van der Waals surface area contributed by atoms with Crippen LogP contribution in [0.4, 0.5) is 23.2 Å². The number of fused-ring (bicyclic) bond motifs is 2. The lowest BCUT2D eigenvalue weighted by molar-refractivity contribution is -0.126. The summed E-state index contributed by atoms with van der Waals surface area (Å²) in [4.78, 5) is 28.3. The summed E-state index contributed by atoms with van der Waals surface area (Å²) in [5.41, 5.74) is -5.59. The van der Waals surface area contributed by atoms with Crippen molar-refractivity contribution in [3.8, 4) is 0 Å². The number of benzene rings is 1. The van der Waals surface area contributed by atoms with Crippen molar-refractivity contribution in [2.75, 3.05) is 12.0 Å². The smallest absolute Gasteiger partial charge is 0.352 e. The van der Waals surface area contributed by atoms with Gasteiger partial charge in [0.25, 0.3) is 0 Å². The van der Waals surface area contributed by atoms with Crippen molar-refractivity contribution in [3.05, 3.63) is 52.0 Å². The van der Waals surface area contributed by atoms with Crippen LogP contribution < -0.4 is 20.7 Å². The zero-order valence-corrected chi connectivity index (χ0v) is 28.3. The van der Waals surface area contributed by atoms with Gasteiger partial charge in [-0.1, -0.05) is 69.1 Å². The highest BCUT2D eigenvalue weighted by Crippen LogP contribution is 2.55. The highest BCUT2D eigenvalue weighted by atomic mass is 35.5. The van der Waals surface area contributed by atoms with Crippen molar-refractivity contribution < 1.29 is 35.6 Å². The number of hydrogen-bond donors (Lipinski definition) is 4. The molecule has 1 aliphatic carbocycles. The van der Waals surface area contributed by atoms with Crippen LogP contribution in [-0.2, 0) is 25.0 Å². The Morgan fingerprint density at radius 1 is 1.15 bits per heavy atom. The molecule has 1 aromatic carbocycles. The summed E-state index contributed by atoms with van der Waals surface area (Å²) in [5, 5.41) is 9.94. The van der Waals surface area contributed by atoms with Crippen molar-refractivity contribution in [3.63, 3.8) is 0 Å². The molecule has 256 valence electrons. The number of hydrogen-bond acceptors (Lipinski definition) is 5. The Morgan fingerprint density at radius 3 is 2.37 bits per heavy atom. The van der Waals surface area contributed by atoms with Crippen LogP contribution in [0.2, 0.25) is 5.02 Å². The maximum atomic E-state index is 14.2. The van der Waals surface area contributed by atoms with Crippen LogP contribution in [0.5, 0.6) is 0 Å². The van der Waals surface area contributed by atoms with Gasteiger partial charge in [-0.05, 0) is 67.2 Å². The molecule has 15 heteroatoms. The summed E-state index contributed by atoms with van der Waals surface area (Å²) < 4.78 is 76.5. The molecular weight excluding hydrogens is 671 g/mol. The molecule has 2 fully saturated rings. The molecule has 1 aromatic rings. The Bertz CT molecular complexity index is 1490. The van der Waals surface area contributed by atoms with Gasteiger partial charge in [0.1, 0.15) is 6.67 Å². The Labute approximate surface area is 277 Å². The van der Waals surface area contributed by atoms with Crippen molar-refractivity contribution in [2.24, 2.45) is 17.3 Å². The van der Waals surface area contributed by atoms with Crippen LogP contribution in [-0.4, -0.2) is 56.6 Å². The highest BCUT2D eigenvalue weighted by molar-refractivity contribution is 7.90. The van der Waals surface area contributed by atoms with Crippen LogP contribution >= 0.6 is 23.2 Å². The molecule has 2 heterocycles. The Morgan fingerprint density at radius 2 is 1.78 bits per heavy atom. The predicted molar refractivity (Wildman–Crippen MR) is 171 cm³/mol. The normalized spacial score (nSPS) is 29.7. The van der Waals surface area contributed by atoms with Gasteiger partial charge >= 0.3 is 15.5 Å². The van der Waals surface area contributed by atoms with E-state index in [2.05, 4.69) is 16.0 Å². The molecule has 1 saturated heterocycles. The fraction of sp³-hybridized carbons (Fsp3) is 0.613. The zero-order valence-electron chi connectivity index (χ0n) is 26.0. The maximum absolute atomic E-state index is 14.2. The number of anilines is 1. The third-order valence-electron chi connectivity index (χ3n) is 9.05. The number of allylic oxidation sites excluding steroid dienone is 4. The first-order chi connectivity index (χ1) is 21.3. The SMILES string of the molecule is CC(/C=C\C=C(\Cl)CF)[C@H]1[C@H](C(=O)NC2CCC(NS(=O)(=O)C(F)(F)F)CC2)N[C@H](CC(C)(C)C)[C@]12C(=O)Nc1cc(Cl)ccc12. The van der Waals surface area contributed by atoms with Gasteiger partial charge in [-0.2, -0.15) is 13.2 Å². The van der Waals surface area contributed by atoms with E-state index in [9.17, 15) is 35.6 Å². The number of halogens is 6. The third kappa shape index (κ3) is 7.59. The fourth-order valence-electron chi connectivity index (χ4n) is 7.17. The summed E-state index contributed by atoms with van der Waals surface area (Å²) in [6, 6.07) is 2.51. The minimum atomic E-state index is -5.48. The van der Waals surface area contributed by atoms with Crippen molar-refractivity contribution >= 4 is 50.7 Å². The second-order valence-electron chi connectivity index (χ2n) is 13.6. The molecule has 3 aliphatic rings. The van der Waals surface area contributed by atoms with Gasteiger partial charge in [-0.15, -0.1) is 0 Å². The molecule has 2 amide bonds. The number of alkyl halides is 4. The first-order valence-electron chi connectivity index (χ1n) is 15.2. The monoisotopic (exact) mass is 710 g/mol. The number of carbonyl (C=O) groups is 2. The zero-order chi connectivity index (χ0) is 34.2. The van der Waals surface area contributed by atoms with Crippen LogP contribution in [0.1, 0.15) is 65.4 Å². The molecular formula is C31H40Cl2F4N4O4S. The van der Waals surface area contributed by atoms with Gasteiger partial charge in [0.05, 0.1) is 11.5 Å². The standard InChI is InChI=1S/C31H40Cl2F4N4O4S/c1-17(6-5-7-19(33)16-34)25-26(27(42)38-20-9-11-21(12-10-20)41-46(44,45)31(35,36)37)40-24(15-29(2,3)4)30(25)22-13-8-18(32)14-23(22)39-28(30)43/h5-8,13-14,17,20-21,24-26,40-41H,9-12,15-16H2,1-4H3,(H,38,42)(H,39,43)/b6-5-,19-7+/t17?,20?,21?,24-,25+,26-,30+/m1/s1. The molecule has 4 N–H and O–H groups in total. The number of nitrogens with one attached hydrogen (secondary N) is 4. The van der Waals surface area contributed by atoms with Crippen molar-refractivity contribution in [1.29, 1.82) is 0 Å². The molecule has 0 bridgehead atoms. The summed E-state index contributed by atoms with van der Waals surface area (Å²) >= 11 is 12.2. The van der Waals surface area contributed by atoms with E-state index >= 15 is 0 Å². The number of amides is 2. The fourth-order valence-corrected chi connectivity index (χ4v) is 8.23. The molecule has 4 rings (SSSR count). The number of sulfonamides is 1. The minimum absolute atomic E-state index is 0.00525.